The number of para-hydroxylation sites is 1. The number of methoxy groups -OCH3 is 2. The molecule has 0 saturated carbocycles. The number of ether oxygens (including phenoxy) is 2. The van der Waals surface area contributed by atoms with Crippen LogP contribution in [0.4, 0.5) is 0 Å². The zero-order valence-electron chi connectivity index (χ0n) is 19.1. The summed E-state index contributed by atoms with van der Waals surface area (Å²) in [5.74, 6) is 2.28. The standard InChI is InChI=1S/C24H32N6O2/c1-4-28-15-17-29(18-16-28)22(20-11-8-12-21(31-2)23(20)32-3)24-25-26-27-30(24)14-13-19-9-6-5-7-10-19/h5-12,22H,4,13-18H2,1-3H3/t22-/m1/s1. The first-order chi connectivity index (χ1) is 15.7. The average Bonchev–Trinajstić information content (AvgIpc) is 3.32. The van der Waals surface area contributed by atoms with E-state index in [0.717, 1.165) is 56.3 Å². The van der Waals surface area contributed by atoms with Gasteiger partial charge in [0.2, 0.25) is 0 Å². The fraction of sp³-hybridized carbons (Fsp3) is 0.458. The van der Waals surface area contributed by atoms with Gasteiger partial charge in [-0.25, -0.2) is 4.68 Å². The van der Waals surface area contributed by atoms with Crippen LogP contribution in [-0.2, 0) is 13.0 Å². The van der Waals surface area contributed by atoms with Gasteiger partial charge >= 0.3 is 0 Å². The van der Waals surface area contributed by atoms with Gasteiger partial charge in [-0.05, 0) is 35.0 Å². The highest BCUT2D eigenvalue weighted by Crippen LogP contribution is 2.39. The van der Waals surface area contributed by atoms with Crippen LogP contribution in [0, 0.1) is 0 Å². The van der Waals surface area contributed by atoms with Gasteiger partial charge in [-0.1, -0.05) is 49.4 Å². The van der Waals surface area contributed by atoms with E-state index >= 15 is 0 Å². The maximum Gasteiger partial charge on any atom is 0.173 e. The number of tetrazole rings is 1. The van der Waals surface area contributed by atoms with Gasteiger partial charge in [0.25, 0.3) is 0 Å². The van der Waals surface area contributed by atoms with Crippen molar-refractivity contribution in [3.63, 3.8) is 0 Å². The Hall–Kier alpha value is -2.97. The Kier molecular flexibility index (Phi) is 7.34. The molecule has 0 spiro atoms. The van der Waals surface area contributed by atoms with Gasteiger partial charge in [-0.2, -0.15) is 0 Å². The van der Waals surface area contributed by atoms with Gasteiger partial charge in [-0.15, -0.1) is 5.10 Å². The molecule has 2 heterocycles. The smallest absolute Gasteiger partial charge is 0.173 e. The molecule has 1 aromatic heterocycles. The van der Waals surface area contributed by atoms with Crippen LogP contribution in [0.5, 0.6) is 11.5 Å². The van der Waals surface area contributed by atoms with Gasteiger partial charge in [0, 0.05) is 38.3 Å². The molecule has 0 amide bonds. The van der Waals surface area contributed by atoms with Crippen molar-refractivity contribution in [2.45, 2.75) is 25.9 Å². The van der Waals surface area contributed by atoms with Gasteiger partial charge in [0.1, 0.15) is 6.04 Å². The van der Waals surface area contributed by atoms with E-state index in [2.05, 4.69) is 62.6 Å². The van der Waals surface area contributed by atoms with E-state index in [-0.39, 0.29) is 6.04 Å². The predicted octanol–water partition coefficient (Wildman–Crippen LogP) is 2.66. The molecule has 32 heavy (non-hydrogen) atoms. The van der Waals surface area contributed by atoms with Crippen LogP contribution in [0.1, 0.15) is 29.9 Å². The van der Waals surface area contributed by atoms with Crippen molar-refractivity contribution in [1.29, 1.82) is 0 Å². The Morgan fingerprint density at radius 3 is 2.41 bits per heavy atom. The molecule has 1 saturated heterocycles. The van der Waals surface area contributed by atoms with Crippen LogP contribution in [-0.4, -0.2) is 77.0 Å². The van der Waals surface area contributed by atoms with Crippen LogP contribution in [0.3, 0.4) is 0 Å². The minimum Gasteiger partial charge on any atom is -0.493 e. The van der Waals surface area contributed by atoms with E-state index in [9.17, 15) is 0 Å². The Morgan fingerprint density at radius 1 is 0.938 bits per heavy atom. The third-order valence-electron chi connectivity index (χ3n) is 6.21. The van der Waals surface area contributed by atoms with E-state index in [1.165, 1.54) is 5.56 Å². The number of aryl methyl sites for hydroxylation is 2. The highest BCUT2D eigenvalue weighted by molar-refractivity contribution is 5.49. The van der Waals surface area contributed by atoms with Gasteiger partial charge in [-0.3, -0.25) is 4.90 Å². The molecule has 170 valence electrons. The summed E-state index contributed by atoms with van der Waals surface area (Å²) in [6, 6.07) is 16.3. The molecule has 0 N–H and O–H groups in total. The molecule has 1 aliphatic rings. The number of hydrogen-bond acceptors (Lipinski definition) is 7. The Morgan fingerprint density at radius 2 is 1.72 bits per heavy atom. The molecule has 4 rings (SSSR count). The monoisotopic (exact) mass is 436 g/mol. The summed E-state index contributed by atoms with van der Waals surface area (Å²) in [6.45, 7) is 7.90. The summed E-state index contributed by atoms with van der Waals surface area (Å²) in [5, 5.41) is 12.9. The number of rotatable bonds is 9. The van der Waals surface area contributed by atoms with Gasteiger partial charge < -0.3 is 14.4 Å². The fourth-order valence-electron chi connectivity index (χ4n) is 4.41. The normalized spacial score (nSPS) is 16.1. The maximum atomic E-state index is 5.81. The first-order valence-electron chi connectivity index (χ1n) is 11.2. The van der Waals surface area contributed by atoms with E-state index in [1.807, 2.05) is 22.9 Å². The minimum atomic E-state index is -0.121. The topological polar surface area (TPSA) is 68.5 Å². The largest absolute Gasteiger partial charge is 0.493 e. The van der Waals surface area contributed by atoms with Crippen LogP contribution >= 0.6 is 0 Å². The molecule has 1 atom stereocenters. The van der Waals surface area contributed by atoms with E-state index < -0.39 is 0 Å². The van der Waals surface area contributed by atoms with Crippen molar-refractivity contribution >= 4 is 0 Å². The Bertz CT molecular complexity index is 985. The lowest BCUT2D eigenvalue weighted by molar-refractivity contribution is 0.107. The highest BCUT2D eigenvalue weighted by atomic mass is 16.5. The molecular weight excluding hydrogens is 404 g/mol. The second-order valence-electron chi connectivity index (χ2n) is 7.95. The second-order valence-corrected chi connectivity index (χ2v) is 7.95. The third kappa shape index (κ3) is 4.76. The lowest BCUT2D eigenvalue weighted by Gasteiger charge is -2.39. The van der Waals surface area contributed by atoms with Crippen molar-refractivity contribution in [1.82, 2.24) is 30.0 Å². The molecule has 1 fully saturated rings. The minimum absolute atomic E-state index is 0.121. The molecule has 0 unspecified atom stereocenters. The predicted molar refractivity (Wildman–Crippen MR) is 123 cm³/mol. The SMILES string of the molecule is CCN1CCN([C@H](c2cccc(OC)c2OC)c2nnnn2CCc2ccccc2)CC1. The first-order valence-corrected chi connectivity index (χ1v) is 11.2. The number of likely N-dealkylation sites (N-methyl/N-ethyl adjacent to an activating group) is 1. The molecule has 0 aliphatic carbocycles. The summed E-state index contributed by atoms with van der Waals surface area (Å²) in [5.41, 5.74) is 2.29. The zero-order chi connectivity index (χ0) is 22.3. The Labute approximate surface area is 189 Å². The summed E-state index contributed by atoms with van der Waals surface area (Å²) in [6.07, 6.45) is 0.866. The molecule has 1 aliphatic heterocycles. The number of benzene rings is 2. The van der Waals surface area contributed by atoms with Gasteiger partial charge in [0.05, 0.1) is 14.2 Å². The molecule has 8 nitrogen and oxygen atoms in total. The van der Waals surface area contributed by atoms with E-state index in [1.54, 1.807) is 14.2 Å². The van der Waals surface area contributed by atoms with Crippen molar-refractivity contribution in [3.8, 4) is 11.5 Å². The molecule has 3 aromatic rings. The molecule has 0 radical (unpaired) electrons. The van der Waals surface area contributed by atoms with Crippen LogP contribution in [0.25, 0.3) is 0 Å². The molecule has 0 bridgehead atoms. The summed E-state index contributed by atoms with van der Waals surface area (Å²) >= 11 is 0. The van der Waals surface area contributed by atoms with Crippen molar-refractivity contribution in [3.05, 3.63) is 65.5 Å². The summed E-state index contributed by atoms with van der Waals surface area (Å²) in [4.78, 5) is 4.92. The van der Waals surface area contributed by atoms with Crippen LogP contribution < -0.4 is 9.47 Å². The fourth-order valence-corrected chi connectivity index (χ4v) is 4.41. The van der Waals surface area contributed by atoms with Crippen LogP contribution in [0.2, 0.25) is 0 Å². The summed E-state index contributed by atoms with van der Waals surface area (Å²) in [7, 11) is 3.35. The van der Waals surface area contributed by atoms with E-state index in [4.69, 9.17) is 9.47 Å². The second kappa shape index (κ2) is 10.6. The highest BCUT2D eigenvalue weighted by Gasteiger charge is 2.33. The van der Waals surface area contributed by atoms with Crippen LogP contribution in [0.15, 0.2) is 48.5 Å². The van der Waals surface area contributed by atoms with Crippen molar-refractivity contribution in [2.24, 2.45) is 0 Å². The number of aromatic nitrogens is 4. The zero-order valence-corrected chi connectivity index (χ0v) is 19.1. The lowest BCUT2D eigenvalue weighted by atomic mass is 10.0. The average molecular weight is 437 g/mol. The summed E-state index contributed by atoms with van der Waals surface area (Å²) < 4.78 is 13.3. The van der Waals surface area contributed by atoms with E-state index in [0.29, 0.717) is 12.3 Å². The molecular formula is C24H32N6O2. The Balaban J connectivity index is 1.69. The van der Waals surface area contributed by atoms with Crippen molar-refractivity contribution in [2.75, 3.05) is 46.9 Å². The quantitative estimate of drug-likeness (QED) is 0.511. The van der Waals surface area contributed by atoms with Gasteiger partial charge in [0.15, 0.2) is 17.3 Å². The lowest BCUT2D eigenvalue weighted by Crippen LogP contribution is -2.48. The molecule has 8 heteroatoms. The maximum absolute atomic E-state index is 5.81. The number of hydrogen-bond donors (Lipinski definition) is 0. The number of piperazine rings is 1. The first kappa shape index (κ1) is 22.2. The molecule has 2 aromatic carbocycles. The van der Waals surface area contributed by atoms with Crippen molar-refractivity contribution < 1.29 is 9.47 Å². The third-order valence-corrected chi connectivity index (χ3v) is 6.21. The number of nitrogens with zero attached hydrogens (tertiary/aromatic N) is 6.